The lowest BCUT2D eigenvalue weighted by Crippen LogP contribution is -2.14. The van der Waals surface area contributed by atoms with Gasteiger partial charge in [0, 0.05) is 17.5 Å². The van der Waals surface area contributed by atoms with Gasteiger partial charge in [-0.15, -0.1) is 5.10 Å². The number of phenols is 1. The first-order valence-electron chi connectivity index (χ1n) is 12.0. The van der Waals surface area contributed by atoms with E-state index in [9.17, 15) is 5.11 Å². The van der Waals surface area contributed by atoms with E-state index in [1.807, 2.05) is 24.3 Å². The van der Waals surface area contributed by atoms with Gasteiger partial charge in [0.15, 0.2) is 11.5 Å². The number of hydrogen-bond donors (Lipinski definition) is 1. The summed E-state index contributed by atoms with van der Waals surface area (Å²) in [6, 6.07) is 21.6. The van der Waals surface area contributed by atoms with Gasteiger partial charge in [-0.05, 0) is 41.7 Å². The Labute approximate surface area is 209 Å². The molecule has 0 saturated carbocycles. The number of aromatic hydroxyl groups is 1. The third kappa shape index (κ3) is 3.82. The molecular formula is C29H26N4O3. The number of aryl methyl sites for hydroxylation is 1. The van der Waals surface area contributed by atoms with Crippen molar-refractivity contribution in [2.75, 3.05) is 0 Å². The van der Waals surface area contributed by atoms with E-state index in [0.29, 0.717) is 29.0 Å². The molecule has 7 heteroatoms. The van der Waals surface area contributed by atoms with Crippen LogP contribution in [0.3, 0.4) is 0 Å². The predicted molar refractivity (Wildman–Crippen MR) is 136 cm³/mol. The van der Waals surface area contributed by atoms with Crippen molar-refractivity contribution in [3.8, 4) is 23.1 Å². The maximum Gasteiger partial charge on any atom is 0.228 e. The monoisotopic (exact) mass is 478 g/mol. The Bertz CT molecular complexity index is 1580. The minimum Gasteiger partial charge on any atom is -0.508 e. The zero-order valence-electron chi connectivity index (χ0n) is 20.3. The van der Waals surface area contributed by atoms with Crippen LogP contribution >= 0.6 is 0 Å². The molecular weight excluding hydrogens is 452 g/mol. The second-order valence-electron chi connectivity index (χ2n) is 9.41. The summed E-state index contributed by atoms with van der Waals surface area (Å²) in [5.74, 6) is 2.75. The lowest BCUT2D eigenvalue weighted by Gasteiger charge is -2.27. The van der Waals surface area contributed by atoms with Crippen molar-refractivity contribution in [2.24, 2.45) is 0 Å². The van der Waals surface area contributed by atoms with Gasteiger partial charge < -0.3 is 14.6 Å². The van der Waals surface area contributed by atoms with Crippen molar-refractivity contribution in [2.45, 2.75) is 39.2 Å². The van der Waals surface area contributed by atoms with Gasteiger partial charge >= 0.3 is 0 Å². The molecule has 0 amide bonds. The fourth-order valence-corrected chi connectivity index (χ4v) is 4.79. The molecule has 1 aliphatic heterocycles. The summed E-state index contributed by atoms with van der Waals surface area (Å²) in [4.78, 5) is 9.41. The molecule has 0 saturated heterocycles. The molecule has 0 bridgehead atoms. The van der Waals surface area contributed by atoms with Gasteiger partial charge in [-0.25, -0.2) is 14.5 Å². The van der Waals surface area contributed by atoms with E-state index in [0.717, 1.165) is 33.6 Å². The Morgan fingerprint density at radius 2 is 1.89 bits per heavy atom. The normalized spacial score (nSPS) is 14.4. The highest BCUT2D eigenvalue weighted by Crippen LogP contribution is 2.48. The molecule has 0 unspecified atom stereocenters. The lowest BCUT2D eigenvalue weighted by molar-refractivity contribution is 0.291. The number of nitrogens with zero attached hydrogens (tertiary/aromatic N) is 4. The molecule has 1 aliphatic rings. The second kappa shape index (κ2) is 8.68. The van der Waals surface area contributed by atoms with Crippen molar-refractivity contribution in [1.82, 2.24) is 19.6 Å². The Morgan fingerprint density at radius 1 is 1.06 bits per heavy atom. The SMILES string of the molecule is Cc1ccc(C(C)C)c(OCc2nc3c4c(ncn3n2)Oc2cc(O)ccc2[C@@H]4c2ccccc2)c1. The molecule has 0 spiro atoms. The summed E-state index contributed by atoms with van der Waals surface area (Å²) in [6.07, 6.45) is 1.60. The Balaban J connectivity index is 1.43. The number of phenolic OH excluding ortho intramolecular Hbond substituents is 1. The highest BCUT2D eigenvalue weighted by molar-refractivity contribution is 5.66. The predicted octanol–water partition coefficient (Wildman–Crippen LogP) is 6.13. The summed E-state index contributed by atoms with van der Waals surface area (Å²) in [6.45, 7) is 6.60. The van der Waals surface area contributed by atoms with Crippen molar-refractivity contribution in [3.63, 3.8) is 0 Å². The summed E-state index contributed by atoms with van der Waals surface area (Å²) >= 11 is 0. The third-order valence-corrected chi connectivity index (χ3v) is 6.52. The average molecular weight is 479 g/mol. The lowest BCUT2D eigenvalue weighted by atomic mass is 9.84. The van der Waals surface area contributed by atoms with E-state index in [4.69, 9.17) is 14.5 Å². The van der Waals surface area contributed by atoms with Crippen LogP contribution in [-0.2, 0) is 6.61 Å². The molecule has 0 radical (unpaired) electrons. The van der Waals surface area contributed by atoms with Crippen LogP contribution in [0.5, 0.6) is 23.1 Å². The number of rotatable bonds is 5. The fourth-order valence-electron chi connectivity index (χ4n) is 4.79. The highest BCUT2D eigenvalue weighted by Gasteiger charge is 2.33. The van der Waals surface area contributed by atoms with Crippen LogP contribution in [0, 0.1) is 6.92 Å². The van der Waals surface area contributed by atoms with Crippen molar-refractivity contribution in [3.05, 3.63) is 107 Å². The zero-order valence-corrected chi connectivity index (χ0v) is 20.3. The number of fused-ring (bicyclic) bond motifs is 4. The molecule has 1 atom stereocenters. The molecule has 1 N–H and O–H groups in total. The Hall–Kier alpha value is -4.39. The largest absolute Gasteiger partial charge is 0.508 e. The fraction of sp³-hybridized carbons (Fsp3) is 0.207. The Kier molecular flexibility index (Phi) is 5.33. The summed E-state index contributed by atoms with van der Waals surface area (Å²) in [7, 11) is 0. The van der Waals surface area contributed by atoms with Crippen LogP contribution in [0.2, 0.25) is 0 Å². The average Bonchev–Trinajstić information content (AvgIpc) is 3.30. The molecule has 2 aromatic heterocycles. The smallest absolute Gasteiger partial charge is 0.228 e. The zero-order chi connectivity index (χ0) is 24.8. The van der Waals surface area contributed by atoms with Crippen molar-refractivity contribution < 1.29 is 14.6 Å². The van der Waals surface area contributed by atoms with Crippen LogP contribution in [0.4, 0.5) is 0 Å². The van der Waals surface area contributed by atoms with Crippen molar-refractivity contribution in [1.29, 1.82) is 0 Å². The van der Waals surface area contributed by atoms with Gasteiger partial charge in [-0.3, -0.25) is 0 Å². The molecule has 0 fully saturated rings. The minimum atomic E-state index is -0.177. The van der Waals surface area contributed by atoms with Gasteiger partial charge in [-0.1, -0.05) is 62.4 Å². The van der Waals surface area contributed by atoms with Crippen LogP contribution in [0.25, 0.3) is 5.65 Å². The first kappa shape index (κ1) is 22.1. The summed E-state index contributed by atoms with van der Waals surface area (Å²) in [5, 5.41) is 14.7. The quantitative estimate of drug-likeness (QED) is 0.321. The standard InChI is InChI=1S/C29H26N4O3/c1-17(2)21-11-9-18(3)13-23(21)35-15-25-31-28-27-26(19-7-5-4-6-8-19)22-12-10-20(34)14-24(22)36-29(27)30-16-33(28)32-25/h4-14,16-17,26,34H,15H2,1-3H3/t26-/m0/s1. The molecule has 6 rings (SSSR count). The number of aromatic nitrogens is 4. The maximum absolute atomic E-state index is 10.1. The summed E-state index contributed by atoms with van der Waals surface area (Å²) in [5.41, 5.74) is 5.80. The molecule has 3 aromatic carbocycles. The van der Waals surface area contributed by atoms with Crippen LogP contribution < -0.4 is 9.47 Å². The first-order valence-corrected chi connectivity index (χ1v) is 12.0. The molecule has 3 heterocycles. The number of benzene rings is 3. The van der Waals surface area contributed by atoms with Gasteiger partial charge in [-0.2, -0.15) is 0 Å². The van der Waals surface area contributed by atoms with E-state index < -0.39 is 0 Å². The number of ether oxygens (including phenoxy) is 2. The van der Waals surface area contributed by atoms with Gasteiger partial charge in [0.05, 0.1) is 5.56 Å². The Morgan fingerprint density at radius 3 is 2.69 bits per heavy atom. The third-order valence-electron chi connectivity index (χ3n) is 6.52. The van der Waals surface area contributed by atoms with Crippen LogP contribution in [0.1, 0.15) is 59.3 Å². The molecule has 36 heavy (non-hydrogen) atoms. The molecule has 0 aliphatic carbocycles. The van der Waals surface area contributed by atoms with E-state index in [1.54, 1.807) is 23.0 Å². The second-order valence-corrected chi connectivity index (χ2v) is 9.41. The van der Waals surface area contributed by atoms with E-state index in [1.165, 1.54) is 0 Å². The van der Waals surface area contributed by atoms with Crippen LogP contribution in [-0.4, -0.2) is 24.7 Å². The van der Waals surface area contributed by atoms with Crippen molar-refractivity contribution >= 4 is 5.65 Å². The van der Waals surface area contributed by atoms with Crippen LogP contribution in [0.15, 0.2) is 73.1 Å². The van der Waals surface area contributed by atoms with E-state index in [-0.39, 0.29) is 18.3 Å². The van der Waals surface area contributed by atoms with Gasteiger partial charge in [0.25, 0.3) is 0 Å². The number of hydrogen-bond acceptors (Lipinski definition) is 6. The van der Waals surface area contributed by atoms with Gasteiger partial charge in [0.2, 0.25) is 5.88 Å². The highest BCUT2D eigenvalue weighted by atomic mass is 16.5. The maximum atomic E-state index is 10.1. The summed E-state index contributed by atoms with van der Waals surface area (Å²) < 4.78 is 14.0. The molecule has 5 aromatic rings. The van der Waals surface area contributed by atoms with E-state index in [2.05, 4.69) is 61.2 Å². The van der Waals surface area contributed by atoms with E-state index >= 15 is 0 Å². The minimum absolute atomic E-state index is 0.143. The molecule has 180 valence electrons. The van der Waals surface area contributed by atoms with Gasteiger partial charge in [0.1, 0.15) is 30.2 Å². The molecule has 7 nitrogen and oxygen atoms in total. The topological polar surface area (TPSA) is 81.8 Å². The first-order chi connectivity index (χ1) is 17.5.